The number of carbonyl (C=O) groups is 3. The van der Waals surface area contributed by atoms with Gasteiger partial charge in [0.15, 0.2) is 0 Å². The van der Waals surface area contributed by atoms with Gasteiger partial charge >= 0.3 is 0 Å². The van der Waals surface area contributed by atoms with Gasteiger partial charge in [-0.2, -0.15) is 0 Å². The summed E-state index contributed by atoms with van der Waals surface area (Å²) in [5.74, 6) is -1.91. The van der Waals surface area contributed by atoms with E-state index in [1.54, 1.807) is 16.7 Å². The normalized spacial score (nSPS) is 26.9. The number of hydrogen-bond acceptors (Lipinski definition) is 6. The number of fused-ring (bicyclic) bond motifs is 1. The largest absolute Gasteiger partial charge is 0.394 e. The summed E-state index contributed by atoms with van der Waals surface area (Å²) in [6, 6.07) is 25.8. The summed E-state index contributed by atoms with van der Waals surface area (Å²) in [6.07, 6.45) is 1.77. The summed E-state index contributed by atoms with van der Waals surface area (Å²) < 4.78 is -1.26. The minimum absolute atomic E-state index is 0.157. The Bertz CT molecular complexity index is 1550. The van der Waals surface area contributed by atoms with Crippen LogP contribution >= 0.6 is 11.8 Å². The number of anilines is 2. The van der Waals surface area contributed by atoms with E-state index in [4.69, 9.17) is 0 Å². The highest BCUT2D eigenvalue weighted by Crippen LogP contribution is 2.71. The molecule has 242 valence electrons. The van der Waals surface area contributed by atoms with E-state index in [2.05, 4.69) is 36.3 Å². The number of nitrogens with zero attached hydrogens (tertiary/aromatic N) is 2. The van der Waals surface area contributed by atoms with Crippen LogP contribution in [0.4, 0.5) is 11.4 Å². The molecule has 3 heterocycles. The Labute approximate surface area is 275 Å². The summed E-state index contributed by atoms with van der Waals surface area (Å²) in [6.45, 7) is 8.13. The Morgan fingerprint density at radius 3 is 2.17 bits per heavy atom. The Hall–Kier alpha value is -3.82. The van der Waals surface area contributed by atoms with Crippen LogP contribution in [0.1, 0.15) is 44.7 Å². The first-order chi connectivity index (χ1) is 22.2. The van der Waals surface area contributed by atoms with Crippen molar-refractivity contribution in [3.8, 4) is 0 Å². The van der Waals surface area contributed by atoms with Crippen molar-refractivity contribution in [2.24, 2.45) is 11.8 Å². The number of rotatable bonds is 12. The van der Waals surface area contributed by atoms with Gasteiger partial charge in [0.2, 0.25) is 17.7 Å². The average molecular weight is 641 g/mol. The number of carbonyl (C=O) groups excluding carboxylic acids is 3. The molecule has 3 aromatic carbocycles. The fourth-order valence-electron chi connectivity index (χ4n) is 8.04. The average Bonchev–Trinajstić information content (AvgIpc) is 3.65. The number of hydrogen-bond donors (Lipinski definition) is 3. The van der Waals surface area contributed by atoms with Crippen molar-refractivity contribution < 1.29 is 19.5 Å². The lowest BCUT2D eigenvalue weighted by molar-refractivity contribution is -0.142. The highest BCUT2D eigenvalue weighted by Gasteiger charge is 2.77. The number of nitrogens with one attached hydrogen (secondary N) is 2. The maximum absolute atomic E-state index is 14.7. The van der Waals surface area contributed by atoms with Gasteiger partial charge in [0.05, 0.1) is 29.2 Å². The van der Waals surface area contributed by atoms with Crippen molar-refractivity contribution in [1.82, 2.24) is 10.2 Å². The Balaban J connectivity index is 1.33. The Morgan fingerprint density at radius 2 is 1.57 bits per heavy atom. The molecule has 2 bridgehead atoms. The van der Waals surface area contributed by atoms with Crippen LogP contribution in [-0.4, -0.2) is 69.0 Å². The fourth-order valence-corrected chi connectivity index (χ4v) is 10.4. The molecule has 3 aliphatic rings. The first-order valence-corrected chi connectivity index (χ1v) is 17.2. The van der Waals surface area contributed by atoms with E-state index in [0.717, 1.165) is 36.3 Å². The highest BCUT2D eigenvalue weighted by atomic mass is 32.2. The summed E-state index contributed by atoms with van der Waals surface area (Å²) in [5.41, 5.74) is 3.68. The molecule has 0 aromatic heterocycles. The molecule has 3 N–H and O–H groups in total. The van der Waals surface area contributed by atoms with Gasteiger partial charge in [0.25, 0.3) is 0 Å². The minimum atomic E-state index is -0.841. The van der Waals surface area contributed by atoms with Gasteiger partial charge in [-0.1, -0.05) is 60.7 Å². The molecule has 3 fully saturated rings. The molecule has 0 radical (unpaired) electrons. The van der Waals surface area contributed by atoms with Gasteiger partial charge in [-0.15, -0.1) is 11.8 Å². The van der Waals surface area contributed by atoms with Crippen LogP contribution in [0.25, 0.3) is 0 Å². The number of amides is 3. The molecule has 3 saturated heterocycles. The minimum Gasteiger partial charge on any atom is -0.394 e. The molecule has 3 aliphatic heterocycles. The molecule has 6 atom stereocenters. The van der Waals surface area contributed by atoms with E-state index in [-0.39, 0.29) is 24.3 Å². The first-order valence-electron chi connectivity index (χ1n) is 16.4. The molecule has 3 amide bonds. The van der Waals surface area contributed by atoms with Crippen molar-refractivity contribution in [1.29, 1.82) is 0 Å². The SMILES string of the molecule is CCN(CC)c1ccc(NC(=O)C2N([C@@H](CO)Cc3ccccc3)C(=O)[C@@H]3[C@@H](C(=O)NCc4ccccc4)[C@@]4(C)CCC23S4)cc1. The maximum atomic E-state index is 14.7. The van der Waals surface area contributed by atoms with Gasteiger partial charge in [-0.3, -0.25) is 14.4 Å². The van der Waals surface area contributed by atoms with Crippen LogP contribution in [0.15, 0.2) is 84.9 Å². The van der Waals surface area contributed by atoms with Gasteiger partial charge < -0.3 is 25.5 Å². The van der Waals surface area contributed by atoms with Crippen LogP contribution in [0.2, 0.25) is 0 Å². The molecule has 9 heteroatoms. The Morgan fingerprint density at radius 1 is 0.935 bits per heavy atom. The van der Waals surface area contributed by atoms with Crippen LogP contribution in [0.5, 0.6) is 0 Å². The monoisotopic (exact) mass is 640 g/mol. The summed E-state index contributed by atoms with van der Waals surface area (Å²) in [4.78, 5) is 47.0. The van der Waals surface area contributed by atoms with E-state index in [9.17, 15) is 19.5 Å². The molecule has 6 rings (SSSR count). The third kappa shape index (κ3) is 5.68. The zero-order valence-corrected chi connectivity index (χ0v) is 27.6. The molecule has 1 spiro atoms. The third-order valence-electron chi connectivity index (χ3n) is 10.2. The number of likely N-dealkylation sites (tertiary alicyclic amines) is 1. The van der Waals surface area contributed by atoms with Crippen molar-refractivity contribution >= 4 is 40.9 Å². The van der Waals surface area contributed by atoms with Crippen LogP contribution in [-0.2, 0) is 27.3 Å². The van der Waals surface area contributed by atoms with Crippen molar-refractivity contribution in [3.63, 3.8) is 0 Å². The van der Waals surface area contributed by atoms with Crippen LogP contribution in [0.3, 0.4) is 0 Å². The molecule has 2 unspecified atom stereocenters. The number of benzene rings is 3. The summed E-state index contributed by atoms with van der Waals surface area (Å²) >= 11 is 1.64. The summed E-state index contributed by atoms with van der Waals surface area (Å²) in [7, 11) is 0. The second kappa shape index (κ2) is 13.1. The molecular formula is C37H44N4O4S. The maximum Gasteiger partial charge on any atom is 0.248 e. The predicted molar refractivity (Wildman–Crippen MR) is 184 cm³/mol. The van der Waals surface area contributed by atoms with Crippen LogP contribution in [0, 0.1) is 11.8 Å². The molecule has 3 aromatic rings. The highest BCUT2D eigenvalue weighted by molar-refractivity contribution is 8.02. The van der Waals surface area contributed by atoms with Gasteiger partial charge in [-0.25, -0.2) is 0 Å². The van der Waals surface area contributed by atoms with Crippen molar-refractivity contribution in [2.45, 2.75) is 68.2 Å². The second-order valence-corrected chi connectivity index (χ2v) is 14.8. The molecule has 8 nitrogen and oxygen atoms in total. The standard InChI is InChI=1S/C37H44N4O4S/c1-4-40(5-2)28-18-16-27(17-19-28)39-34(44)32-37-21-20-36(3,46-37)30(33(43)38-23-26-14-10-7-11-15-26)31(37)35(45)41(32)29(24-42)22-25-12-8-6-9-13-25/h6-19,29-32,42H,4-5,20-24H2,1-3H3,(H,38,43)(H,39,44)/t29-,30+,31+,32?,36-,37?/m1/s1. The second-order valence-electron chi connectivity index (χ2n) is 12.9. The molecule has 0 saturated carbocycles. The molecular weight excluding hydrogens is 596 g/mol. The first kappa shape index (κ1) is 32.1. The van der Waals surface area contributed by atoms with E-state index in [1.165, 1.54) is 0 Å². The van der Waals surface area contributed by atoms with Gasteiger partial charge in [0.1, 0.15) is 6.04 Å². The zero-order chi connectivity index (χ0) is 32.5. The smallest absolute Gasteiger partial charge is 0.248 e. The van der Waals surface area contributed by atoms with Gasteiger partial charge in [-0.05, 0) is 75.4 Å². The van der Waals surface area contributed by atoms with Crippen LogP contribution < -0.4 is 15.5 Å². The topological polar surface area (TPSA) is 102 Å². The number of thioether (sulfide) groups is 1. The van der Waals surface area contributed by atoms with E-state index in [0.29, 0.717) is 25.1 Å². The lowest BCUT2D eigenvalue weighted by atomic mass is 9.66. The van der Waals surface area contributed by atoms with E-state index < -0.39 is 33.4 Å². The molecule has 0 aliphatic carbocycles. The Kier molecular flexibility index (Phi) is 9.17. The molecule has 46 heavy (non-hydrogen) atoms. The van der Waals surface area contributed by atoms with E-state index in [1.807, 2.05) is 84.9 Å². The summed E-state index contributed by atoms with van der Waals surface area (Å²) in [5, 5.41) is 17.0. The quantitative estimate of drug-likeness (QED) is 0.261. The number of aliphatic hydroxyl groups excluding tert-OH is 1. The zero-order valence-electron chi connectivity index (χ0n) is 26.8. The van der Waals surface area contributed by atoms with Crippen molar-refractivity contribution in [2.75, 3.05) is 29.9 Å². The number of aliphatic hydroxyl groups is 1. The lowest BCUT2D eigenvalue weighted by Gasteiger charge is -2.37. The van der Waals surface area contributed by atoms with E-state index >= 15 is 0 Å². The van der Waals surface area contributed by atoms with Crippen molar-refractivity contribution in [3.05, 3.63) is 96.1 Å². The fraction of sp³-hybridized carbons (Fsp3) is 0.432. The van der Waals surface area contributed by atoms with Gasteiger partial charge in [0, 0.05) is 35.8 Å². The lowest BCUT2D eigenvalue weighted by Crippen LogP contribution is -2.55. The third-order valence-corrected chi connectivity index (χ3v) is 12.2. The predicted octanol–water partition coefficient (Wildman–Crippen LogP) is 4.87.